The number of hydrogen-bond donors (Lipinski definition) is 3. The number of rotatable bonds is 6. The third kappa shape index (κ3) is 5.82. The summed E-state index contributed by atoms with van der Waals surface area (Å²) in [5.41, 5.74) is 5.38. The van der Waals surface area contributed by atoms with Gasteiger partial charge in [0.1, 0.15) is 12.1 Å². The number of nitrogens with one attached hydrogen (secondary N) is 2. The zero-order chi connectivity index (χ0) is 25.2. The fourth-order valence-corrected chi connectivity index (χ4v) is 5.04. The van der Waals surface area contributed by atoms with Crippen LogP contribution in [-0.4, -0.2) is 57.4 Å². The lowest BCUT2D eigenvalue weighted by Crippen LogP contribution is -2.57. The fourth-order valence-electron chi connectivity index (χ4n) is 4.24. The quantitative estimate of drug-likeness (QED) is 0.581. The summed E-state index contributed by atoms with van der Waals surface area (Å²) in [5.74, 6) is -0.997. The molecule has 3 unspecified atom stereocenters. The molecule has 1 fully saturated rings. The highest BCUT2D eigenvalue weighted by Gasteiger charge is 2.44. The molecule has 1 saturated heterocycles. The van der Waals surface area contributed by atoms with Crippen LogP contribution in [0.4, 0.5) is 0 Å². The molecule has 1 aromatic heterocycles. The van der Waals surface area contributed by atoms with Crippen molar-refractivity contribution in [1.29, 1.82) is 0 Å². The van der Waals surface area contributed by atoms with E-state index in [0.717, 1.165) is 27.3 Å². The van der Waals surface area contributed by atoms with E-state index in [9.17, 15) is 19.5 Å². The van der Waals surface area contributed by atoms with E-state index in [1.165, 1.54) is 11.8 Å². The highest BCUT2D eigenvalue weighted by molar-refractivity contribution is 7.13. The van der Waals surface area contributed by atoms with Crippen LogP contribution >= 0.6 is 11.3 Å². The minimum Gasteiger partial charge on any atom is -0.391 e. The molecule has 3 atom stereocenters. The molecule has 0 bridgehead atoms. The van der Waals surface area contributed by atoms with Crippen LogP contribution in [0.5, 0.6) is 0 Å². The molecule has 0 spiro atoms. The van der Waals surface area contributed by atoms with Crippen LogP contribution in [-0.2, 0) is 20.9 Å². The number of amides is 3. The van der Waals surface area contributed by atoms with Gasteiger partial charge in [-0.3, -0.25) is 14.4 Å². The molecule has 0 saturated carbocycles. The van der Waals surface area contributed by atoms with Gasteiger partial charge in [-0.2, -0.15) is 0 Å². The average Bonchev–Trinajstić information content (AvgIpc) is 3.35. The Bertz CT molecular complexity index is 1080. The highest BCUT2D eigenvalue weighted by atomic mass is 32.1. The largest absolute Gasteiger partial charge is 0.391 e. The lowest BCUT2D eigenvalue weighted by molar-refractivity contribution is -0.143. The molecule has 2 aromatic rings. The maximum atomic E-state index is 13.3. The molecule has 8 nitrogen and oxygen atoms in total. The van der Waals surface area contributed by atoms with Gasteiger partial charge in [0.25, 0.3) is 0 Å². The smallest absolute Gasteiger partial charge is 0.246 e. The van der Waals surface area contributed by atoms with Crippen LogP contribution in [0.3, 0.4) is 0 Å². The molecule has 3 N–H and O–H groups in total. The second kappa shape index (κ2) is 10.2. The topological polar surface area (TPSA) is 112 Å². The van der Waals surface area contributed by atoms with E-state index in [1.807, 2.05) is 52.3 Å². The van der Waals surface area contributed by atoms with E-state index in [-0.39, 0.29) is 30.7 Å². The number of benzene rings is 1. The Hall–Kier alpha value is -2.78. The summed E-state index contributed by atoms with van der Waals surface area (Å²) < 4.78 is 0. The number of aromatic nitrogens is 1. The van der Waals surface area contributed by atoms with E-state index in [0.29, 0.717) is 6.54 Å². The van der Waals surface area contributed by atoms with Gasteiger partial charge in [-0.1, -0.05) is 39.0 Å². The molecule has 3 amide bonds. The maximum absolute atomic E-state index is 13.3. The third-order valence-electron chi connectivity index (χ3n) is 6.13. The Balaban J connectivity index is 1.71. The molecule has 1 aliphatic rings. The molecule has 184 valence electrons. The van der Waals surface area contributed by atoms with Gasteiger partial charge in [-0.15, -0.1) is 11.3 Å². The monoisotopic (exact) mass is 486 g/mol. The number of thiazole rings is 1. The number of nitrogens with zero attached hydrogens (tertiary/aromatic N) is 2. The first kappa shape index (κ1) is 25.8. The van der Waals surface area contributed by atoms with E-state index in [4.69, 9.17) is 0 Å². The summed E-state index contributed by atoms with van der Waals surface area (Å²) in [6.45, 7) is 11.3. The number of aliphatic hydroxyl groups excluding tert-OH is 1. The third-order valence-corrected chi connectivity index (χ3v) is 7.11. The van der Waals surface area contributed by atoms with Crippen molar-refractivity contribution in [2.75, 3.05) is 6.54 Å². The normalized spacial score (nSPS) is 19.1. The van der Waals surface area contributed by atoms with Gasteiger partial charge in [-0.25, -0.2) is 4.98 Å². The van der Waals surface area contributed by atoms with Crippen molar-refractivity contribution in [1.82, 2.24) is 20.5 Å². The van der Waals surface area contributed by atoms with Crippen LogP contribution in [0.2, 0.25) is 0 Å². The summed E-state index contributed by atoms with van der Waals surface area (Å²) in [5, 5.41) is 15.9. The van der Waals surface area contributed by atoms with Crippen LogP contribution in [0, 0.1) is 19.3 Å². The predicted molar refractivity (Wildman–Crippen MR) is 132 cm³/mol. The summed E-state index contributed by atoms with van der Waals surface area (Å²) >= 11 is 1.59. The molecule has 1 aliphatic heterocycles. The zero-order valence-electron chi connectivity index (χ0n) is 20.6. The molecule has 34 heavy (non-hydrogen) atoms. The molecule has 2 heterocycles. The van der Waals surface area contributed by atoms with Crippen LogP contribution in [0.25, 0.3) is 10.4 Å². The van der Waals surface area contributed by atoms with Gasteiger partial charge in [-0.05, 0) is 36.0 Å². The number of likely N-dealkylation sites (tertiary alicyclic amines) is 1. The first-order valence-corrected chi connectivity index (χ1v) is 12.3. The Morgan fingerprint density at radius 1 is 1.26 bits per heavy atom. The molecule has 3 rings (SSSR count). The van der Waals surface area contributed by atoms with Crippen molar-refractivity contribution in [3.63, 3.8) is 0 Å². The van der Waals surface area contributed by atoms with E-state index < -0.39 is 23.6 Å². The number of aliphatic hydroxyl groups is 1. The standard InChI is InChI=1S/C25H34N4O4S/c1-14-9-17(21-15(2)27-13-34-21)7-8-18(14)11-26-23(32)20-10-19(31)12-29(20)24(33)22(25(4,5)6)28-16(3)30/h7-9,13,19-20,22,31H,10-12H2,1-6H3,(H,26,32)(H,28,30). The first-order chi connectivity index (χ1) is 15.9. The number of carbonyl (C=O) groups is 3. The maximum Gasteiger partial charge on any atom is 0.246 e. The van der Waals surface area contributed by atoms with Gasteiger partial charge in [0, 0.05) is 26.4 Å². The number of aryl methyl sites for hydroxylation is 2. The predicted octanol–water partition coefficient (Wildman–Crippen LogP) is 2.56. The van der Waals surface area contributed by atoms with Gasteiger partial charge < -0.3 is 20.6 Å². The molecular weight excluding hydrogens is 452 g/mol. The van der Waals surface area contributed by atoms with E-state index in [1.54, 1.807) is 11.3 Å². The fraction of sp³-hybridized carbons (Fsp3) is 0.520. The molecule has 9 heteroatoms. The van der Waals surface area contributed by atoms with Crippen LogP contribution in [0.15, 0.2) is 23.7 Å². The van der Waals surface area contributed by atoms with Crippen molar-refractivity contribution in [3.05, 3.63) is 40.5 Å². The second-order valence-electron chi connectivity index (χ2n) is 10.0. The zero-order valence-corrected chi connectivity index (χ0v) is 21.5. The first-order valence-electron chi connectivity index (χ1n) is 11.4. The Labute approximate surface area is 204 Å². The minimum atomic E-state index is -0.796. The van der Waals surface area contributed by atoms with Crippen molar-refractivity contribution < 1.29 is 19.5 Å². The lowest BCUT2D eigenvalue weighted by atomic mass is 9.85. The van der Waals surface area contributed by atoms with E-state index in [2.05, 4.69) is 21.7 Å². The van der Waals surface area contributed by atoms with Crippen molar-refractivity contribution in [2.24, 2.45) is 5.41 Å². The summed E-state index contributed by atoms with van der Waals surface area (Å²) in [6, 6.07) is 4.50. The second-order valence-corrected chi connectivity index (χ2v) is 10.9. The molecule has 1 aromatic carbocycles. The molecular formula is C25H34N4O4S. The Morgan fingerprint density at radius 2 is 1.97 bits per heavy atom. The van der Waals surface area contributed by atoms with E-state index >= 15 is 0 Å². The number of carbonyl (C=O) groups excluding carboxylic acids is 3. The molecule has 0 radical (unpaired) electrons. The average molecular weight is 487 g/mol. The molecule has 0 aliphatic carbocycles. The van der Waals surface area contributed by atoms with Crippen molar-refractivity contribution in [3.8, 4) is 10.4 Å². The number of hydrogen-bond acceptors (Lipinski definition) is 6. The van der Waals surface area contributed by atoms with Gasteiger partial charge in [0.15, 0.2) is 0 Å². The Kier molecular flexibility index (Phi) is 7.77. The summed E-state index contributed by atoms with van der Waals surface area (Å²) in [4.78, 5) is 44.9. The van der Waals surface area contributed by atoms with Gasteiger partial charge >= 0.3 is 0 Å². The van der Waals surface area contributed by atoms with Crippen LogP contribution in [0.1, 0.15) is 50.9 Å². The van der Waals surface area contributed by atoms with Crippen LogP contribution < -0.4 is 10.6 Å². The van der Waals surface area contributed by atoms with Gasteiger partial charge in [0.2, 0.25) is 17.7 Å². The van der Waals surface area contributed by atoms with Crippen molar-refractivity contribution in [2.45, 2.75) is 72.7 Å². The van der Waals surface area contributed by atoms with Gasteiger partial charge in [0.05, 0.1) is 22.2 Å². The highest BCUT2D eigenvalue weighted by Crippen LogP contribution is 2.29. The lowest BCUT2D eigenvalue weighted by Gasteiger charge is -2.35. The summed E-state index contributed by atoms with van der Waals surface area (Å²) in [7, 11) is 0. The Morgan fingerprint density at radius 3 is 2.53 bits per heavy atom. The number of β-amino-alcohol motifs (C(OH)–C–C–N with tert-alkyl or cyclic N) is 1. The summed E-state index contributed by atoms with van der Waals surface area (Å²) in [6.07, 6.45) is -0.627. The minimum absolute atomic E-state index is 0.0605. The van der Waals surface area contributed by atoms with Crippen molar-refractivity contribution >= 4 is 29.1 Å². The SMILES string of the molecule is CC(=O)NC(C(=O)N1CC(O)CC1C(=O)NCc1ccc(-c2scnc2C)cc1C)C(C)(C)C.